The summed E-state index contributed by atoms with van der Waals surface area (Å²) in [6.45, 7) is 5.37. The van der Waals surface area contributed by atoms with Crippen molar-refractivity contribution in [3.05, 3.63) is 0 Å². The number of rotatable bonds is 0. The van der Waals surface area contributed by atoms with Gasteiger partial charge in [-0.25, -0.2) is 0 Å². The number of hydrogen-bond acceptors (Lipinski definition) is 3. The highest BCUT2D eigenvalue weighted by molar-refractivity contribution is 5.83. The Balaban J connectivity index is 2.69. The minimum atomic E-state index is -0.202. The van der Waals surface area contributed by atoms with Gasteiger partial charge in [-0.2, -0.15) is 0 Å². The molecule has 0 aromatic heterocycles. The van der Waals surface area contributed by atoms with Crippen LogP contribution in [0.15, 0.2) is 0 Å². The summed E-state index contributed by atoms with van der Waals surface area (Å²) in [5.41, 5.74) is 0. The van der Waals surface area contributed by atoms with Crippen molar-refractivity contribution in [3.8, 4) is 0 Å². The molecule has 0 aliphatic carbocycles. The number of hydrogen-bond donors (Lipinski definition) is 3. The molecule has 3 atom stereocenters. The van der Waals surface area contributed by atoms with E-state index in [2.05, 4.69) is 16.0 Å². The van der Waals surface area contributed by atoms with Gasteiger partial charge in [0.25, 0.3) is 0 Å². The average Bonchev–Trinajstić information content (AvgIpc) is 2.12. The third kappa shape index (κ3) is 5.16. The highest BCUT2D eigenvalue weighted by atomic mass is 16.2. The fourth-order valence-corrected chi connectivity index (χ4v) is 1.99. The van der Waals surface area contributed by atoms with Gasteiger partial charge in [0, 0.05) is 37.4 Å². The Labute approximate surface area is 107 Å². The van der Waals surface area contributed by atoms with Crippen LogP contribution in [0.1, 0.15) is 40.0 Å². The molecule has 1 aliphatic rings. The summed E-state index contributed by atoms with van der Waals surface area (Å²) in [6.07, 6.45) is 0.685. The fraction of sp³-hybridized carbons (Fsp3) is 0.750. The van der Waals surface area contributed by atoms with Gasteiger partial charge in [-0.05, 0) is 20.8 Å². The molecule has 0 spiro atoms. The van der Waals surface area contributed by atoms with Gasteiger partial charge >= 0.3 is 0 Å². The average molecular weight is 255 g/mol. The van der Waals surface area contributed by atoms with Crippen LogP contribution in [-0.2, 0) is 14.4 Å². The predicted octanol–water partition coefficient (Wildman–Crippen LogP) is -0.316. The third-order valence-electron chi connectivity index (χ3n) is 2.70. The first-order chi connectivity index (χ1) is 8.36. The van der Waals surface area contributed by atoms with E-state index in [1.807, 2.05) is 0 Å². The van der Waals surface area contributed by atoms with Gasteiger partial charge in [-0.15, -0.1) is 0 Å². The Morgan fingerprint density at radius 2 is 0.889 bits per heavy atom. The molecule has 1 heterocycles. The summed E-state index contributed by atoms with van der Waals surface area (Å²) in [5.74, 6) is -0.467. The molecule has 0 radical (unpaired) electrons. The normalized spacial score (nSPS) is 31.5. The first kappa shape index (κ1) is 14.5. The Morgan fingerprint density at radius 1 is 0.667 bits per heavy atom. The van der Waals surface area contributed by atoms with Gasteiger partial charge in [-0.1, -0.05) is 0 Å². The van der Waals surface area contributed by atoms with Crippen LogP contribution in [0, 0.1) is 0 Å². The fourth-order valence-electron chi connectivity index (χ4n) is 1.99. The highest BCUT2D eigenvalue weighted by Gasteiger charge is 2.19. The van der Waals surface area contributed by atoms with E-state index in [0.717, 1.165) is 0 Å². The molecular formula is C12H21N3O3. The lowest BCUT2D eigenvalue weighted by molar-refractivity contribution is -0.125. The zero-order valence-corrected chi connectivity index (χ0v) is 11.1. The molecule has 1 rings (SSSR count). The largest absolute Gasteiger partial charge is 0.353 e. The van der Waals surface area contributed by atoms with E-state index in [4.69, 9.17) is 0 Å². The molecular weight excluding hydrogens is 234 g/mol. The summed E-state index contributed by atoms with van der Waals surface area (Å²) < 4.78 is 0. The Bertz CT molecular complexity index is 267. The number of nitrogens with one attached hydrogen (secondary N) is 3. The molecule has 6 nitrogen and oxygen atoms in total. The topological polar surface area (TPSA) is 87.3 Å². The van der Waals surface area contributed by atoms with E-state index in [1.54, 1.807) is 20.8 Å². The van der Waals surface area contributed by atoms with Gasteiger partial charge in [0.15, 0.2) is 0 Å². The van der Waals surface area contributed by atoms with Crippen molar-refractivity contribution in [2.45, 2.75) is 58.2 Å². The number of carbonyl (C=O) groups excluding carboxylic acids is 3. The molecule has 0 aromatic rings. The maximum atomic E-state index is 11.6. The van der Waals surface area contributed by atoms with Crippen molar-refractivity contribution >= 4 is 17.7 Å². The Kier molecular flexibility index (Phi) is 5.12. The van der Waals surface area contributed by atoms with Gasteiger partial charge in [0.1, 0.15) is 0 Å². The van der Waals surface area contributed by atoms with Gasteiger partial charge in [-0.3, -0.25) is 14.4 Å². The lowest BCUT2D eigenvalue weighted by Crippen LogP contribution is -2.46. The number of carbonyl (C=O) groups is 3. The summed E-state index contributed by atoms with van der Waals surface area (Å²) in [4.78, 5) is 34.8. The van der Waals surface area contributed by atoms with E-state index in [-0.39, 0.29) is 55.1 Å². The molecule has 1 saturated heterocycles. The van der Waals surface area contributed by atoms with Crippen molar-refractivity contribution < 1.29 is 14.4 Å². The van der Waals surface area contributed by atoms with E-state index < -0.39 is 0 Å². The maximum Gasteiger partial charge on any atom is 0.222 e. The minimum Gasteiger partial charge on any atom is -0.353 e. The van der Waals surface area contributed by atoms with Crippen molar-refractivity contribution in [3.63, 3.8) is 0 Å². The molecule has 0 aromatic carbocycles. The van der Waals surface area contributed by atoms with Crippen LogP contribution < -0.4 is 16.0 Å². The van der Waals surface area contributed by atoms with Crippen LogP contribution >= 0.6 is 0 Å². The lowest BCUT2D eigenvalue weighted by Gasteiger charge is -2.21. The first-order valence-corrected chi connectivity index (χ1v) is 6.25. The van der Waals surface area contributed by atoms with E-state index in [9.17, 15) is 14.4 Å². The SMILES string of the molecule is CC1CC(=O)N[C@@H](C)CC(=O)N[C@@H](C)CC(=O)N1. The molecule has 1 aliphatic heterocycles. The minimum absolute atomic E-state index is 0.156. The smallest absolute Gasteiger partial charge is 0.222 e. The Morgan fingerprint density at radius 3 is 1.11 bits per heavy atom. The molecule has 0 saturated carbocycles. The number of amides is 3. The molecule has 6 heteroatoms. The summed E-state index contributed by atoms with van der Waals surface area (Å²) in [7, 11) is 0. The van der Waals surface area contributed by atoms with E-state index in [1.165, 1.54) is 0 Å². The van der Waals surface area contributed by atoms with Gasteiger partial charge < -0.3 is 16.0 Å². The molecule has 102 valence electrons. The zero-order valence-electron chi connectivity index (χ0n) is 11.1. The van der Waals surface area contributed by atoms with Crippen LogP contribution in [0.25, 0.3) is 0 Å². The second kappa shape index (κ2) is 6.37. The van der Waals surface area contributed by atoms with Gasteiger partial charge in [0.05, 0.1) is 0 Å². The lowest BCUT2D eigenvalue weighted by atomic mass is 10.1. The second-order valence-corrected chi connectivity index (χ2v) is 5.02. The first-order valence-electron chi connectivity index (χ1n) is 6.25. The molecule has 3 amide bonds. The maximum absolute atomic E-state index is 11.6. The van der Waals surface area contributed by atoms with Crippen LogP contribution in [-0.4, -0.2) is 35.8 Å². The van der Waals surface area contributed by atoms with Crippen LogP contribution in [0.2, 0.25) is 0 Å². The molecule has 3 N–H and O–H groups in total. The molecule has 18 heavy (non-hydrogen) atoms. The second-order valence-electron chi connectivity index (χ2n) is 5.02. The molecule has 1 unspecified atom stereocenters. The van der Waals surface area contributed by atoms with E-state index in [0.29, 0.717) is 0 Å². The van der Waals surface area contributed by atoms with Crippen LogP contribution in [0.5, 0.6) is 0 Å². The van der Waals surface area contributed by atoms with E-state index >= 15 is 0 Å². The summed E-state index contributed by atoms with van der Waals surface area (Å²) >= 11 is 0. The van der Waals surface area contributed by atoms with Crippen molar-refractivity contribution in [2.75, 3.05) is 0 Å². The van der Waals surface area contributed by atoms with Crippen molar-refractivity contribution in [1.82, 2.24) is 16.0 Å². The Hall–Kier alpha value is -1.59. The summed E-state index contributed by atoms with van der Waals surface area (Å²) in [6, 6.07) is -0.605. The third-order valence-corrected chi connectivity index (χ3v) is 2.70. The molecule has 0 bridgehead atoms. The van der Waals surface area contributed by atoms with Crippen molar-refractivity contribution in [1.29, 1.82) is 0 Å². The monoisotopic (exact) mass is 255 g/mol. The predicted molar refractivity (Wildman–Crippen MR) is 66.7 cm³/mol. The van der Waals surface area contributed by atoms with Crippen LogP contribution in [0.4, 0.5) is 0 Å². The van der Waals surface area contributed by atoms with Gasteiger partial charge in [0.2, 0.25) is 17.7 Å². The molecule has 1 fully saturated rings. The quantitative estimate of drug-likeness (QED) is 0.554. The van der Waals surface area contributed by atoms with Crippen molar-refractivity contribution in [2.24, 2.45) is 0 Å². The summed E-state index contributed by atoms with van der Waals surface area (Å²) in [5, 5.41) is 8.21. The zero-order chi connectivity index (χ0) is 13.7. The standard InChI is InChI=1S/C12H21N3O3/c1-7-4-10(16)14-9(3)6-12(18)15-8(2)5-11(17)13-7/h7-9H,4-6H2,1-3H3,(H,13,17)(H,14,16)(H,15,18)/t7-,8-,9?/m0/s1. The van der Waals surface area contributed by atoms with Crippen LogP contribution in [0.3, 0.4) is 0 Å². The highest BCUT2D eigenvalue weighted by Crippen LogP contribution is 2.00.